The maximum atomic E-state index is 12.3. The topological polar surface area (TPSA) is 43.8 Å². The number of carbonyl (C=O) groups excluding carboxylic acids is 1. The minimum absolute atomic E-state index is 0.0728. The average Bonchev–Trinajstić information content (AvgIpc) is 2.90. The van der Waals surface area contributed by atoms with Gasteiger partial charge < -0.3 is 10.0 Å². The molecule has 0 saturated carbocycles. The van der Waals surface area contributed by atoms with Crippen molar-refractivity contribution >= 4 is 17.2 Å². The van der Waals surface area contributed by atoms with Gasteiger partial charge in [0.1, 0.15) is 0 Å². The first-order chi connectivity index (χ1) is 9.21. The van der Waals surface area contributed by atoms with Crippen LogP contribution < -0.4 is 0 Å². The third-order valence-corrected chi connectivity index (χ3v) is 3.71. The summed E-state index contributed by atoms with van der Waals surface area (Å²) in [5, 5.41) is 11.0. The number of carbonyl (C=O) groups is 1. The van der Waals surface area contributed by atoms with Crippen LogP contribution in [0.5, 0.6) is 0 Å². The van der Waals surface area contributed by atoms with Gasteiger partial charge in [-0.2, -0.15) is 0 Å². The summed E-state index contributed by atoms with van der Waals surface area (Å²) in [5.41, 5.74) is 0. The van der Waals surface area contributed by atoms with Gasteiger partial charge in [0.2, 0.25) is 5.91 Å². The van der Waals surface area contributed by atoms with Crippen LogP contribution in [0.2, 0.25) is 0 Å². The first kappa shape index (κ1) is 15.9. The average molecular weight is 282 g/mol. The lowest BCUT2D eigenvalue weighted by Gasteiger charge is -2.25. The van der Waals surface area contributed by atoms with Crippen molar-refractivity contribution in [2.45, 2.75) is 13.5 Å². The lowest BCUT2D eigenvalue weighted by molar-refractivity contribution is -0.132. The van der Waals surface area contributed by atoms with Gasteiger partial charge in [-0.3, -0.25) is 9.69 Å². The van der Waals surface area contributed by atoms with E-state index in [4.69, 9.17) is 5.11 Å². The van der Waals surface area contributed by atoms with E-state index in [0.29, 0.717) is 26.2 Å². The minimum Gasteiger partial charge on any atom is -0.395 e. The van der Waals surface area contributed by atoms with Crippen molar-refractivity contribution < 1.29 is 9.90 Å². The highest BCUT2D eigenvalue weighted by molar-refractivity contribution is 7.09. The molecule has 0 spiro atoms. The van der Waals surface area contributed by atoms with Crippen molar-refractivity contribution in [3.05, 3.63) is 35.0 Å². The van der Waals surface area contributed by atoms with Gasteiger partial charge in [0.15, 0.2) is 0 Å². The Bertz CT molecular complexity index is 379. The molecule has 1 aromatic heterocycles. The molecule has 0 fully saturated rings. The Kier molecular flexibility index (Phi) is 7.40. The van der Waals surface area contributed by atoms with Crippen LogP contribution >= 0.6 is 11.3 Å². The van der Waals surface area contributed by atoms with E-state index in [1.165, 1.54) is 4.88 Å². The number of aliphatic hydroxyl groups excluding tert-OH is 1. The fourth-order valence-corrected chi connectivity index (χ4v) is 2.50. The second-order valence-corrected chi connectivity index (χ2v) is 5.27. The number of aliphatic hydroxyl groups is 1. The highest BCUT2D eigenvalue weighted by atomic mass is 32.1. The zero-order valence-corrected chi connectivity index (χ0v) is 12.2. The molecule has 1 N–H and O–H groups in total. The molecule has 0 aliphatic carbocycles. The van der Waals surface area contributed by atoms with E-state index >= 15 is 0 Å². The summed E-state index contributed by atoms with van der Waals surface area (Å²) in [7, 11) is 0. The van der Waals surface area contributed by atoms with Crippen molar-refractivity contribution in [1.82, 2.24) is 9.80 Å². The van der Waals surface area contributed by atoms with Crippen molar-refractivity contribution in [3.63, 3.8) is 0 Å². The first-order valence-corrected chi connectivity index (χ1v) is 7.33. The lowest BCUT2D eigenvalue weighted by Crippen LogP contribution is -2.41. The molecule has 1 heterocycles. The van der Waals surface area contributed by atoms with E-state index in [1.54, 1.807) is 22.3 Å². The van der Waals surface area contributed by atoms with Crippen molar-refractivity contribution in [3.8, 4) is 0 Å². The maximum Gasteiger partial charge on any atom is 0.237 e. The number of rotatable bonds is 9. The monoisotopic (exact) mass is 282 g/mol. The van der Waals surface area contributed by atoms with E-state index < -0.39 is 0 Å². The molecular formula is C14H22N2O2S. The Hall–Kier alpha value is -1.17. The molecule has 19 heavy (non-hydrogen) atoms. The van der Waals surface area contributed by atoms with Crippen LogP contribution in [0, 0.1) is 0 Å². The summed E-state index contributed by atoms with van der Waals surface area (Å²) >= 11 is 1.65. The molecule has 1 aromatic rings. The quantitative estimate of drug-likeness (QED) is 0.699. The molecule has 0 aliphatic heterocycles. The first-order valence-electron chi connectivity index (χ1n) is 6.45. The zero-order valence-electron chi connectivity index (χ0n) is 11.4. The molecule has 0 saturated heterocycles. The van der Waals surface area contributed by atoms with Crippen LogP contribution in [0.15, 0.2) is 30.2 Å². The number of amides is 1. The standard InChI is InChI=1S/C14H22N2O2S/c1-3-7-16(11-13-6-5-10-19-13)14(18)12-15(4-2)8-9-17/h3,5-6,10,17H,1,4,7-9,11-12H2,2H3. The summed E-state index contributed by atoms with van der Waals surface area (Å²) in [4.78, 5) is 17.2. The van der Waals surface area contributed by atoms with E-state index in [-0.39, 0.29) is 12.5 Å². The SMILES string of the molecule is C=CCN(Cc1cccs1)C(=O)CN(CC)CCO. The Morgan fingerprint density at radius 3 is 2.89 bits per heavy atom. The molecule has 106 valence electrons. The van der Waals surface area contributed by atoms with Gasteiger partial charge in [-0.1, -0.05) is 19.1 Å². The van der Waals surface area contributed by atoms with Gasteiger partial charge >= 0.3 is 0 Å². The van der Waals surface area contributed by atoms with Crippen LogP contribution in [0.25, 0.3) is 0 Å². The molecule has 0 bridgehead atoms. The Labute approximate surface area is 119 Å². The van der Waals surface area contributed by atoms with Crippen LogP contribution in [0.3, 0.4) is 0 Å². The Morgan fingerprint density at radius 2 is 2.37 bits per heavy atom. The van der Waals surface area contributed by atoms with Crippen LogP contribution in [-0.4, -0.2) is 53.6 Å². The second-order valence-electron chi connectivity index (χ2n) is 4.23. The van der Waals surface area contributed by atoms with E-state index in [0.717, 1.165) is 6.54 Å². The number of thiophene rings is 1. The molecule has 0 aromatic carbocycles. The lowest BCUT2D eigenvalue weighted by atomic mass is 10.3. The Balaban J connectivity index is 2.59. The van der Waals surface area contributed by atoms with Crippen LogP contribution in [-0.2, 0) is 11.3 Å². The molecule has 4 nitrogen and oxygen atoms in total. The smallest absolute Gasteiger partial charge is 0.237 e. The molecule has 0 atom stereocenters. The van der Waals surface area contributed by atoms with Crippen LogP contribution in [0.4, 0.5) is 0 Å². The summed E-state index contributed by atoms with van der Waals surface area (Å²) < 4.78 is 0. The van der Waals surface area contributed by atoms with Crippen molar-refractivity contribution in [1.29, 1.82) is 0 Å². The molecular weight excluding hydrogens is 260 g/mol. The van der Waals surface area contributed by atoms with Gasteiger partial charge in [0.05, 0.1) is 19.7 Å². The Morgan fingerprint density at radius 1 is 1.58 bits per heavy atom. The number of hydrogen-bond acceptors (Lipinski definition) is 4. The van der Waals surface area contributed by atoms with Crippen molar-refractivity contribution in [2.24, 2.45) is 0 Å². The van der Waals surface area contributed by atoms with Crippen molar-refractivity contribution in [2.75, 3.05) is 32.8 Å². The minimum atomic E-state index is 0.0728. The van der Waals surface area contributed by atoms with E-state index in [9.17, 15) is 4.79 Å². The van der Waals surface area contributed by atoms with Crippen LogP contribution in [0.1, 0.15) is 11.8 Å². The summed E-state index contributed by atoms with van der Waals surface area (Å²) in [6.07, 6.45) is 1.74. The fourth-order valence-electron chi connectivity index (χ4n) is 1.78. The van der Waals surface area contributed by atoms with Gasteiger partial charge in [-0.05, 0) is 18.0 Å². The summed E-state index contributed by atoms with van der Waals surface area (Å²) in [6, 6.07) is 4.01. The third-order valence-electron chi connectivity index (χ3n) is 2.85. The second kappa shape index (κ2) is 8.85. The zero-order chi connectivity index (χ0) is 14.1. The van der Waals surface area contributed by atoms with Gasteiger partial charge in [0.25, 0.3) is 0 Å². The van der Waals surface area contributed by atoms with Gasteiger partial charge in [0, 0.05) is 18.0 Å². The number of likely N-dealkylation sites (N-methyl/N-ethyl adjacent to an activating group) is 1. The highest BCUT2D eigenvalue weighted by Gasteiger charge is 2.16. The van der Waals surface area contributed by atoms with E-state index in [1.807, 2.05) is 29.3 Å². The van der Waals surface area contributed by atoms with E-state index in [2.05, 4.69) is 6.58 Å². The summed E-state index contributed by atoms with van der Waals surface area (Å²) in [5.74, 6) is 0.0728. The molecule has 0 unspecified atom stereocenters. The number of nitrogens with zero attached hydrogens (tertiary/aromatic N) is 2. The fraction of sp³-hybridized carbons (Fsp3) is 0.500. The largest absolute Gasteiger partial charge is 0.395 e. The molecule has 5 heteroatoms. The predicted molar refractivity (Wildman–Crippen MR) is 79.1 cm³/mol. The predicted octanol–water partition coefficient (Wildman–Crippen LogP) is 1.58. The molecule has 1 amide bonds. The summed E-state index contributed by atoms with van der Waals surface area (Å²) in [6.45, 7) is 8.57. The van der Waals surface area contributed by atoms with Gasteiger partial charge in [-0.15, -0.1) is 17.9 Å². The molecule has 0 radical (unpaired) electrons. The third kappa shape index (κ3) is 5.55. The maximum absolute atomic E-state index is 12.3. The molecule has 0 aliphatic rings. The normalized spacial score (nSPS) is 10.7. The van der Waals surface area contributed by atoms with Gasteiger partial charge in [-0.25, -0.2) is 0 Å². The highest BCUT2D eigenvalue weighted by Crippen LogP contribution is 2.12. The number of hydrogen-bond donors (Lipinski definition) is 1. The molecule has 1 rings (SSSR count).